The minimum atomic E-state index is -1.65. The predicted octanol–water partition coefficient (Wildman–Crippen LogP) is -1.48. The lowest BCUT2D eigenvalue weighted by Crippen LogP contribution is -2.56. The molecule has 25 nitrogen and oxygen atoms in total. The second-order valence-electron chi connectivity index (χ2n) is 22.3. The molecular formula is C58H97N11O14. The Kier molecular flexibility index (Phi) is 34.7. The minimum Gasteiger partial charge on any atom is -0.394 e. The van der Waals surface area contributed by atoms with E-state index in [4.69, 9.17) is 22.9 Å². The number of Topliss-reactive ketones (excluding diaryl/α,β-unsaturated/α-hetero) is 4. The summed E-state index contributed by atoms with van der Waals surface area (Å²) in [5.41, 5.74) is 24.2. The number of carbonyl (C=O) groups excluding carboxylic acids is 11. The lowest BCUT2D eigenvalue weighted by Gasteiger charge is -2.28. The Labute approximate surface area is 488 Å². The molecule has 18 N–H and O–H groups in total. The molecular weight excluding hydrogens is 1070 g/mol. The molecule has 468 valence electrons. The van der Waals surface area contributed by atoms with E-state index in [1.54, 1.807) is 44.2 Å². The van der Waals surface area contributed by atoms with Crippen molar-refractivity contribution < 1.29 is 68.1 Å². The summed E-state index contributed by atoms with van der Waals surface area (Å²) in [6.07, 6.45) is -0.625. The molecule has 1 aromatic rings. The monoisotopic (exact) mass is 1170 g/mol. The van der Waals surface area contributed by atoms with Crippen LogP contribution in [0.2, 0.25) is 0 Å². The van der Waals surface area contributed by atoms with E-state index in [0.717, 1.165) is 25.7 Å². The maximum Gasteiger partial charge on any atom is 0.245 e. The normalized spacial score (nSPS) is 23.0. The lowest BCUT2D eigenvalue weighted by molar-refractivity contribution is -0.137. The zero-order chi connectivity index (χ0) is 62.2. The van der Waals surface area contributed by atoms with Crippen molar-refractivity contribution in [2.75, 3.05) is 39.3 Å². The molecule has 7 amide bonds. The Morgan fingerprint density at radius 1 is 0.651 bits per heavy atom. The van der Waals surface area contributed by atoms with Crippen molar-refractivity contribution >= 4 is 64.5 Å². The van der Waals surface area contributed by atoms with Gasteiger partial charge < -0.3 is 75.5 Å². The van der Waals surface area contributed by atoms with Crippen LogP contribution < -0.4 is 60.2 Å². The van der Waals surface area contributed by atoms with Crippen LogP contribution in [0.3, 0.4) is 0 Å². The highest BCUT2D eigenvalue weighted by Crippen LogP contribution is 2.20. The first-order chi connectivity index (χ1) is 39.4. The number of amides is 7. The molecule has 0 radical (unpaired) electrons. The van der Waals surface area contributed by atoms with Crippen molar-refractivity contribution in [3.8, 4) is 0 Å². The number of hydrogen-bond acceptors (Lipinski definition) is 18. The third kappa shape index (κ3) is 26.6. The summed E-state index contributed by atoms with van der Waals surface area (Å²) in [7, 11) is 0. The standard InChI is InChI=1S/C58H97N11O14/c1-6-7-8-9-13-16-42(73)29-38(17-22-59)53(78)68-50(35(4)71)49(76)31-40(19-24-61)52(77)65-44-21-26-63-58(83)51(36(5)72)69-54(79)39(18-23-60)30-48(75)46(33-70)67-57(82)45(27-34(2)3)66-55(80)41(28-37-14-11-10-12-15-37)32-47(74)43(20-25-62)64-56(44)81/h10-12,14-15,34-36,38-41,43-46,50-51,70-72H,6-9,13,16-33,59-62H2,1-5H3,(H,63,83)(H,64,81)(H,65,77)(H,66,80)(H,67,82)(H,68,78)(H,69,79)/t35-,36-,38-,39-,40-,41+,43+,44+,45+,46+,50+,51+/m1/s1. The van der Waals surface area contributed by atoms with Gasteiger partial charge in [0, 0.05) is 62.3 Å². The van der Waals surface area contributed by atoms with Gasteiger partial charge in [0.15, 0.2) is 17.3 Å². The number of hydrogen-bond donors (Lipinski definition) is 14. The van der Waals surface area contributed by atoms with Gasteiger partial charge in [0.05, 0.1) is 24.9 Å². The fourth-order valence-corrected chi connectivity index (χ4v) is 9.85. The van der Waals surface area contributed by atoms with E-state index in [2.05, 4.69) is 44.1 Å². The highest BCUT2D eigenvalue weighted by atomic mass is 16.3. The predicted molar refractivity (Wildman–Crippen MR) is 310 cm³/mol. The van der Waals surface area contributed by atoms with Crippen molar-refractivity contribution in [3.63, 3.8) is 0 Å². The van der Waals surface area contributed by atoms with Crippen LogP contribution in [-0.2, 0) is 59.2 Å². The zero-order valence-corrected chi connectivity index (χ0v) is 49.3. The second-order valence-corrected chi connectivity index (χ2v) is 22.3. The van der Waals surface area contributed by atoms with E-state index in [1.807, 2.05) is 0 Å². The summed E-state index contributed by atoms with van der Waals surface area (Å²) >= 11 is 0. The number of nitrogens with two attached hydrogens (primary N) is 4. The smallest absolute Gasteiger partial charge is 0.245 e. The van der Waals surface area contributed by atoms with Crippen LogP contribution in [-0.4, -0.2) is 168 Å². The molecule has 1 aliphatic rings. The maximum absolute atomic E-state index is 14.6. The molecule has 12 atom stereocenters. The Bertz CT molecular complexity index is 2250. The molecule has 0 bridgehead atoms. The van der Waals surface area contributed by atoms with Gasteiger partial charge in [0.25, 0.3) is 0 Å². The summed E-state index contributed by atoms with van der Waals surface area (Å²) in [6, 6.07) is -0.329. The number of carbonyl (C=O) groups is 11. The number of rotatable bonds is 30. The van der Waals surface area contributed by atoms with Gasteiger partial charge in [-0.05, 0) is 103 Å². The molecule has 1 heterocycles. The second kappa shape index (κ2) is 39.5. The van der Waals surface area contributed by atoms with Crippen LogP contribution in [0.4, 0.5) is 0 Å². The average Bonchev–Trinajstić information content (AvgIpc) is 3.47. The van der Waals surface area contributed by atoms with E-state index in [-0.39, 0.29) is 89.2 Å². The van der Waals surface area contributed by atoms with E-state index in [0.29, 0.717) is 12.0 Å². The molecule has 0 spiro atoms. The molecule has 0 saturated carbocycles. The van der Waals surface area contributed by atoms with E-state index >= 15 is 0 Å². The van der Waals surface area contributed by atoms with Crippen molar-refractivity contribution in [2.45, 2.75) is 192 Å². The third-order valence-electron chi connectivity index (χ3n) is 14.7. The first-order valence-electron chi connectivity index (χ1n) is 29.5. The Morgan fingerprint density at radius 3 is 1.81 bits per heavy atom. The SMILES string of the molecule is CCCCCCCC(=O)C[C@@H](CCN)C(=O)N[C@H](C(=O)C[C@@H](CCN)C(=O)N[C@H]1CCNC(=O)[C@H]([C@@H](C)O)NC(=O)[C@H](CCN)CC(=O)[C@H](CO)NC(=O)[C@H](CC(C)C)NC(=O)[C@@H](Cc2ccccc2)CC(=O)[C@H](CCN)NC1=O)[C@@H](C)O. The number of aliphatic hydroxyl groups is 3. The third-order valence-corrected chi connectivity index (χ3v) is 14.7. The first kappa shape index (κ1) is 73.0. The van der Waals surface area contributed by atoms with Crippen LogP contribution in [0.25, 0.3) is 0 Å². The first-order valence-corrected chi connectivity index (χ1v) is 29.5. The van der Waals surface area contributed by atoms with E-state index < -0.39 is 170 Å². The van der Waals surface area contributed by atoms with Crippen LogP contribution in [0.15, 0.2) is 30.3 Å². The van der Waals surface area contributed by atoms with Gasteiger partial charge >= 0.3 is 0 Å². The van der Waals surface area contributed by atoms with Crippen LogP contribution in [0, 0.1) is 29.6 Å². The fourth-order valence-electron chi connectivity index (χ4n) is 9.85. The number of aliphatic hydroxyl groups excluding tert-OH is 3. The van der Waals surface area contributed by atoms with Crippen LogP contribution in [0.1, 0.15) is 143 Å². The largest absolute Gasteiger partial charge is 0.394 e. The number of benzene rings is 1. The number of nitrogens with one attached hydrogen (secondary N) is 7. The topological polar surface area (TPSA) is 437 Å². The van der Waals surface area contributed by atoms with Gasteiger partial charge in [-0.3, -0.25) is 52.7 Å². The summed E-state index contributed by atoms with van der Waals surface area (Å²) in [6.45, 7) is 6.46. The molecule has 0 unspecified atom stereocenters. The molecule has 1 aliphatic heterocycles. The average molecular weight is 1170 g/mol. The molecule has 83 heavy (non-hydrogen) atoms. The van der Waals surface area contributed by atoms with Crippen molar-refractivity contribution in [3.05, 3.63) is 35.9 Å². The fraction of sp³-hybridized carbons (Fsp3) is 0.707. The van der Waals surface area contributed by atoms with Crippen molar-refractivity contribution in [1.29, 1.82) is 0 Å². The Balaban J connectivity index is 2.67. The Morgan fingerprint density at radius 2 is 1.23 bits per heavy atom. The minimum absolute atomic E-state index is 0.0139. The highest BCUT2D eigenvalue weighted by molar-refractivity contribution is 5.99. The maximum atomic E-state index is 14.6. The molecule has 2 rings (SSSR count). The molecule has 1 aromatic carbocycles. The quantitative estimate of drug-likeness (QED) is 0.0391. The van der Waals surface area contributed by atoms with Gasteiger partial charge in [-0.1, -0.05) is 76.8 Å². The van der Waals surface area contributed by atoms with Crippen LogP contribution in [0.5, 0.6) is 0 Å². The van der Waals surface area contributed by atoms with Crippen molar-refractivity contribution in [2.24, 2.45) is 52.5 Å². The van der Waals surface area contributed by atoms with Gasteiger partial charge in [-0.2, -0.15) is 0 Å². The zero-order valence-electron chi connectivity index (χ0n) is 49.3. The van der Waals surface area contributed by atoms with Crippen LogP contribution >= 0.6 is 0 Å². The summed E-state index contributed by atoms with van der Waals surface area (Å²) < 4.78 is 0. The van der Waals surface area contributed by atoms with E-state index in [9.17, 15) is 68.1 Å². The number of unbranched alkanes of at least 4 members (excludes halogenated alkanes) is 4. The van der Waals surface area contributed by atoms with Gasteiger partial charge in [0.2, 0.25) is 41.4 Å². The Hall–Kier alpha value is -6.09. The van der Waals surface area contributed by atoms with Gasteiger partial charge in [0.1, 0.15) is 36.0 Å². The molecule has 25 heteroatoms. The molecule has 1 fully saturated rings. The van der Waals surface area contributed by atoms with Gasteiger partial charge in [-0.25, -0.2) is 0 Å². The summed E-state index contributed by atoms with van der Waals surface area (Å²) in [5, 5.41) is 49.9. The number of ketones is 4. The lowest BCUT2D eigenvalue weighted by atomic mass is 9.89. The molecule has 1 saturated heterocycles. The van der Waals surface area contributed by atoms with Gasteiger partial charge in [-0.15, -0.1) is 0 Å². The van der Waals surface area contributed by atoms with E-state index in [1.165, 1.54) is 13.8 Å². The molecule has 0 aromatic heterocycles. The van der Waals surface area contributed by atoms with Crippen molar-refractivity contribution in [1.82, 2.24) is 37.2 Å². The highest BCUT2D eigenvalue weighted by Gasteiger charge is 2.38. The summed E-state index contributed by atoms with van der Waals surface area (Å²) in [4.78, 5) is 154. The summed E-state index contributed by atoms with van der Waals surface area (Å²) in [5.74, 6) is -13.1. The molecule has 0 aliphatic carbocycles.